The van der Waals surface area contributed by atoms with E-state index in [4.69, 9.17) is 5.73 Å². The average Bonchev–Trinajstić information content (AvgIpc) is 2.47. The highest BCUT2D eigenvalue weighted by Crippen LogP contribution is 2.52. The number of nitrogen functional groups attached to an aromatic ring is 1. The summed E-state index contributed by atoms with van der Waals surface area (Å²) in [5.74, 6) is -1.24. The van der Waals surface area contributed by atoms with Crippen molar-refractivity contribution >= 4 is 34.9 Å². The van der Waals surface area contributed by atoms with Gasteiger partial charge in [0.25, 0.3) is 0 Å². The van der Waals surface area contributed by atoms with E-state index >= 15 is 0 Å². The Hall–Kier alpha value is -2.28. The van der Waals surface area contributed by atoms with Crippen LogP contribution in [0.3, 0.4) is 0 Å². The first-order chi connectivity index (χ1) is 11.5. The zero-order chi connectivity index (χ0) is 16.9. The average molecular weight is 347 g/mol. The minimum Gasteiger partial charge on any atom is -0.397 e. The van der Waals surface area contributed by atoms with E-state index in [0.29, 0.717) is 17.1 Å². The number of carbonyl (C=O) groups is 1. The van der Waals surface area contributed by atoms with E-state index < -0.39 is 17.0 Å². The quantitative estimate of drug-likeness (QED) is 0.579. The van der Waals surface area contributed by atoms with Crippen LogP contribution in [0.1, 0.15) is 24.8 Å². The second-order valence-electron chi connectivity index (χ2n) is 6.15. The monoisotopic (exact) mass is 347 g/mol. The van der Waals surface area contributed by atoms with Crippen LogP contribution in [0.4, 0.5) is 25.8 Å². The molecule has 2 aromatic carbocycles. The summed E-state index contributed by atoms with van der Waals surface area (Å²) in [5, 5.41) is 2.86. The van der Waals surface area contributed by atoms with Crippen LogP contribution in [0, 0.1) is 11.6 Å². The third kappa shape index (κ3) is 2.23. The molecule has 4 N–H and O–H groups in total. The molecule has 1 saturated carbocycles. The molecule has 2 aromatic rings. The number of hydrogen-bond acceptors (Lipinski definition) is 4. The number of fused-ring (bicyclic) bond motifs is 3. The highest BCUT2D eigenvalue weighted by molar-refractivity contribution is 8.00. The Morgan fingerprint density at radius 1 is 1.21 bits per heavy atom. The lowest BCUT2D eigenvalue weighted by molar-refractivity contribution is -0.124. The highest BCUT2D eigenvalue weighted by Gasteiger charge is 2.49. The fourth-order valence-corrected chi connectivity index (χ4v) is 3.91. The number of amides is 1. The highest BCUT2D eigenvalue weighted by atomic mass is 32.2. The number of carbonyl (C=O) groups excluding carboxylic acids is 1. The molecule has 1 heterocycles. The van der Waals surface area contributed by atoms with Crippen LogP contribution in [0.25, 0.3) is 0 Å². The van der Waals surface area contributed by atoms with Gasteiger partial charge in [-0.1, -0.05) is 6.42 Å². The van der Waals surface area contributed by atoms with Crippen molar-refractivity contribution in [1.82, 2.24) is 0 Å². The maximum Gasteiger partial charge on any atom is 0.235 e. The molecule has 0 saturated heterocycles. The Labute approximate surface area is 141 Å². The Morgan fingerprint density at radius 2 is 2.00 bits per heavy atom. The van der Waals surface area contributed by atoms with Gasteiger partial charge in [0.2, 0.25) is 5.91 Å². The van der Waals surface area contributed by atoms with Gasteiger partial charge in [-0.05, 0) is 54.6 Å². The Bertz CT molecular complexity index is 852. The molecule has 7 heteroatoms. The van der Waals surface area contributed by atoms with Gasteiger partial charge in [0, 0.05) is 11.8 Å². The molecule has 0 radical (unpaired) electrons. The summed E-state index contributed by atoms with van der Waals surface area (Å²) in [5.41, 5.74) is 8.34. The topological polar surface area (TPSA) is 67.1 Å². The van der Waals surface area contributed by atoms with Crippen molar-refractivity contribution in [1.29, 1.82) is 0 Å². The summed E-state index contributed by atoms with van der Waals surface area (Å²) in [6.07, 6.45) is 2.56. The van der Waals surface area contributed by atoms with Crippen LogP contribution in [-0.2, 0) is 10.2 Å². The largest absolute Gasteiger partial charge is 0.397 e. The number of benzene rings is 2. The van der Waals surface area contributed by atoms with Gasteiger partial charge >= 0.3 is 0 Å². The van der Waals surface area contributed by atoms with Crippen molar-refractivity contribution in [2.75, 3.05) is 15.8 Å². The lowest BCUT2D eigenvalue weighted by Crippen LogP contribution is -2.48. The third-order valence-corrected chi connectivity index (χ3v) is 5.65. The van der Waals surface area contributed by atoms with Crippen LogP contribution in [0.5, 0.6) is 0 Å². The van der Waals surface area contributed by atoms with E-state index in [2.05, 4.69) is 10.0 Å². The molecule has 1 aliphatic carbocycles. The van der Waals surface area contributed by atoms with Crippen molar-refractivity contribution in [3.8, 4) is 0 Å². The molecular weight excluding hydrogens is 332 g/mol. The minimum absolute atomic E-state index is 0.00303. The molecule has 24 heavy (non-hydrogen) atoms. The van der Waals surface area contributed by atoms with Gasteiger partial charge in [0.15, 0.2) is 0 Å². The van der Waals surface area contributed by atoms with Crippen LogP contribution in [0.15, 0.2) is 35.2 Å². The molecule has 0 aromatic heterocycles. The zero-order valence-electron chi connectivity index (χ0n) is 12.7. The summed E-state index contributed by atoms with van der Waals surface area (Å²) in [6, 6.07) is 7.00. The first-order valence-corrected chi connectivity index (χ1v) is 8.45. The summed E-state index contributed by atoms with van der Waals surface area (Å²) in [4.78, 5) is 12.6. The molecule has 1 amide bonds. The van der Waals surface area contributed by atoms with E-state index in [1.165, 1.54) is 12.1 Å². The normalized spacial score (nSPS) is 17.3. The molecule has 2 aliphatic rings. The van der Waals surface area contributed by atoms with Crippen molar-refractivity contribution in [2.45, 2.75) is 29.6 Å². The number of nitrogens with one attached hydrogen (secondary N) is 2. The molecule has 0 atom stereocenters. The van der Waals surface area contributed by atoms with Gasteiger partial charge in [0.05, 0.1) is 21.7 Å². The van der Waals surface area contributed by atoms with E-state index in [9.17, 15) is 13.6 Å². The van der Waals surface area contributed by atoms with E-state index in [0.717, 1.165) is 42.8 Å². The molecule has 124 valence electrons. The Kier molecular flexibility index (Phi) is 3.42. The van der Waals surface area contributed by atoms with Crippen LogP contribution >= 0.6 is 11.9 Å². The number of hydrogen-bond donors (Lipinski definition) is 3. The molecule has 1 spiro atoms. The number of rotatable bonds is 3. The lowest BCUT2D eigenvalue weighted by Gasteiger charge is -2.44. The molecule has 1 aliphatic heterocycles. The van der Waals surface area contributed by atoms with E-state index in [-0.39, 0.29) is 10.8 Å². The minimum atomic E-state index is -0.626. The number of nitrogens with two attached hydrogens (primary N) is 1. The predicted molar refractivity (Wildman–Crippen MR) is 90.9 cm³/mol. The lowest BCUT2D eigenvalue weighted by atomic mass is 9.62. The Balaban J connectivity index is 1.62. The predicted octanol–water partition coefficient (Wildman–Crippen LogP) is 4.04. The first-order valence-electron chi connectivity index (χ1n) is 7.63. The van der Waals surface area contributed by atoms with Gasteiger partial charge < -0.3 is 15.8 Å². The zero-order valence-corrected chi connectivity index (χ0v) is 13.5. The fourth-order valence-electron chi connectivity index (χ4n) is 3.27. The van der Waals surface area contributed by atoms with Crippen molar-refractivity contribution < 1.29 is 13.6 Å². The van der Waals surface area contributed by atoms with E-state index in [1.807, 2.05) is 6.07 Å². The van der Waals surface area contributed by atoms with Crippen LogP contribution in [0.2, 0.25) is 0 Å². The maximum atomic E-state index is 13.7. The van der Waals surface area contributed by atoms with Gasteiger partial charge in [-0.15, -0.1) is 0 Å². The van der Waals surface area contributed by atoms with E-state index in [1.54, 1.807) is 6.07 Å². The molecule has 1 fully saturated rings. The second-order valence-corrected chi connectivity index (χ2v) is 7.00. The summed E-state index contributed by atoms with van der Waals surface area (Å²) < 4.78 is 29.7. The molecular formula is C17H15F2N3OS. The standard InChI is InChI=1S/C17H15F2N3OS/c18-9-2-3-14(12(19)6-9)24-22-10-7-11-15(20)13(8-10)21-16(23)17(11)4-1-5-17/h2-3,6-8,22H,1,4-5,20H2,(H,21,23). The summed E-state index contributed by atoms with van der Waals surface area (Å²) in [7, 11) is 0. The second kappa shape index (κ2) is 5.37. The molecule has 4 rings (SSSR count). The molecule has 2 bridgehead atoms. The van der Waals surface area contributed by atoms with Crippen molar-refractivity contribution in [2.24, 2.45) is 0 Å². The first kappa shape index (κ1) is 15.3. The van der Waals surface area contributed by atoms with Gasteiger partial charge in [-0.2, -0.15) is 0 Å². The fraction of sp³-hybridized carbons (Fsp3) is 0.235. The summed E-state index contributed by atoms with van der Waals surface area (Å²) in [6.45, 7) is 0. The smallest absolute Gasteiger partial charge is 0.235 e. The number of halogens is 2. The SMILES string of the molecule is Nc1c2cc(NSc3ccc(F)cc3F)cc1C1(CCC1)C(=O)N2. The Morgan fingerprint density at radius 3 is 2.67 bits per heavy atom. The van der Waals surface area contributed by atoms with Crippen molar-refractivity contribution in [3.05, 3.63) is 47.5 Å². The van der Waals surface area contributed by atoms with Crippen LogP contribution in [-0.4, -0.2) is 5.91 Å². The molecule has 0 unspecified atom stereocenters. The van der Waals surface area contributed by atoms with Crippen molar-refractivity contribution in [3.63, 3.8) is 0 Å². The third-order valence-electron chi connectivity index (χ3n) is 4.76. The number of anilines is 3. The molecule has 4 nitrogen and oxygen atoms in total. The maximum absolute atomic E-state index is 13.7. The van der Waals surface area contributed by atoms with Gasteiger partial charge in [0.1, 0.15) is 11.6 Å². The van der Waals surface area contributed by atoms with Gasteiger partial charge in [-0.3, -0.25) is 4.79 Å². The summed E-state index contributed by atoms with van der Waals surface area (Å²) >= 11 is 1.05. The van der Waals surface area contributed by atoms with Gasteiger partial charge in [-0.25, -0.2) is 8.78 Å². The van der Waals surface area contributed by atoms with Crippen LogP contribution < -0.4 is 15.8 Å².